The Balaban J connectivity index is 1.76. The van der Waals surface area contributed by atoms with Crippen molar-refractivity contribution >= 4 is 12.2 Å². The number of hydrogen-bond donors (Lipinski definition) is 1. The summed E-state index contributed by atoms with van der Waals surface area (Å²) in [6, 6.07) is 5.43. The molecule has 7 nitrogen and oxygen atoms in total. The van der Waals surface area contributed by atoms with E-state index in [4.69, 9.17) is 9.84 Å². The maximum atomic E-state index is 12.0. The first-order valence-electron chi connectivity index (χ1n) is 6.78. The smallest absolute Gasteiger partial charge is 0.351 e. The molecular formula is C14H16N4O3. The van der Waals surface area contributed by atoms with Gasteiger partial charge in [0.1, 0.15) is 12.6 Å². The van der Waals surface area contributed by atoms with Gasteiger partial charge >= 0.3 is 5.69 Å². The minimum Gasteiger partial charge on any atom is -0.394 e. The molecule has 1 aliphatic heterocycles. The van der Waals surface area contributed by atoms with Crippen LogP contribution in [0.25, 0.3) is 0 Å². The molecule has 0 bridgehead atoms. The third-order valence-corrected chi connectivity index (χ3v) is 3.37. The number of aliphatic imine (C=N–C) groups is 1. The molecule has 3 heterocycles. The highest BCUT2D eigenvalue weighted by Gasteiger charge is 2.26. The predicted molar refractivity (Wildman–Crippen MR) is 76.7 cm³/mol. The van der Waals surface area contributed by atoms with Gasteiger partial charge in [0, 0.05) is 18.6 Å². The molecule has 2 aromatic heterocycles. The minimum absolute atomic E-state index is 0.0298. The molecule has 0 unspecified atom stereocenters. The largest absolute Gasteiger partial charge is 0.394 e. The maximum absolute atomic E-state index is 12.0. The van der Waals surface area contributed by atoms with Gasteiger partial charge in [0.15, 0.2) is 5.82 Å². The Morgan fingerprint density at radius 1 is 1.38 bits per heavy atom. The normalized spacial score (nSPS) is 22.1. The van der Waals surface area contributed by atoms with E-state index in [2.05, 4.69) is 9.98 Å². The van der Waals surface area contributed by atoms with Gasteiger partial charge in [0.05, 0.1) is 12.7 Å². The molecule has 0 aliphatic carbocycles. The van der Waals surface area contributed by atoms with Crippen LogP contribution in [-0.4, -0.2) is 38.3 Å². The Kier molecular flexibility index (Phi) is 3.94. The first kappa shape index (κ1) is 13.7. The summed E-state index contributed by atoms with van der Waals surface area (Å²) < 4.78 is 8.76. The van der Waals surface area contributed by atoms with Gasteiger partial charge < -0.3 is 14.4 Å². The van der Waals surface area contributed by atoms with Crippen LogP contribution in [0.15, 0.2) is 46.6 Å². The summed E-state index contributed by atoms with van der Waals surface area (Å²) in [5.41, 5.74) is -0.402. The van der Waals surface area contributed by atoms with Crippen molar-refractivity contribution in [1.29, 1.82) is 0 Å². The Labute approximate surface area is 121 Å². The standard InChI is InChI=1S/C14H16N4O3/c19-9-11-3-4-13(21-11)18-8-5-12(16-14(18)20)15-10-17-6-1-2-7-17/h1-2,5-8,10-11,13,19H,3-4,9H2/t11-,13+/m0/s1. The van der Waals surface area contributed by atoms with E-state index in [9.17, 15) is 4.79 Å². The molecule has 21 heavy (non-hydrogen) atoms. The van der Waals surface area contributed by atoms with Crippen LogP contribution in [0.1, 0.15) is 19.1 Å². The second kappa shape index (κ2) is 6.02. The van der Waals surface area contributed by atoms with Crippen LogP contribution in [0, 0.1) is 0 Å². The van der Waals surface area contributed by atoms with Crippen molar-refractivity contribution in [2.75, 3.05) is 6.61 Å². The number of nitrogens with zero attached hydrogens (tertiary/aromatic N) is 4. The Morgan fingerprint density at radius 3 is 2.86 bits per heavy atom. The SMILES string of the molecule is O=c1nc(N=Cn2cccc2)ccn1[C@H]1CC[C@@H](CO)O1. The van der Waals surface area contributed by atoms with E-state index >= 15 is 0 Å². The molecule has 0 amide bonds. The number of rotatable bonds is 4. The van der Waals surface area contributed by atoms with Gasteiger partial charge in [0.25, 0.3) is 0 Å². The van der Waals surface area contributed by atoms with Crippen molar-refractivity contribution in [1.82, 2.24) is 14.1 Å². The molecule has 2 aromatic rings. The molecule has 0 saturated carbocycles. The number of hydrogen-bond acceptors (Lipinski definition) is 5. The maximum Gasteiger partial charge on any atom is 0.351 e. The van der Waals surface area contributed by atoms with Crippen LogP contribution in [0.3, 0.4) is 0 Å². The number of aliphatic hydroxyl groups excluding tert-OH is 1. The summed E-state index contributed by atoms with van der Waals surface area (Å²) in [5.74, 6) is 0.349. The molecular weight excluding hydrogens is 272 g/mol. The molecule has 7 heteroatoms. The fourth-order valence-corrected chi connectivity index (χ4v) is 2.27. The molecule has 110 valence electrons. The van der Waals surface area contributed by atoms with Crippen molar-refractivity contribution in [3.05, 3.63) is 47.3 Å². The van der Waals surface area contributed by atoms with E-state index < -0.39 is 5.69 Å². The predicted octanol–water partition coefficient (Wildman–Crippen LogP) is 0.923. The van der Waals surface area contributed by atoms with Crippen LogP contribution >= 0.6 is 0 Å². The number of ether oxygens (including phenoxy) is 1. The van der Waals surface area contributed by atoms with Crippen LogP contribution in [0.5, 0.6) is 0 Å². The van der Waals surface area contributed by atoms with Crippen LogP contribution in [0.4, 0.5) is 5.82 Å². The lowest BCUT2D eigenvalue weighted by molar-refractivity contribution is -0.0245. The van der Waals surface area contributed by atoms with Crippen LogP contribution in [-0.2, 0) is 4.74 Å². The quantitative estimate of drug-likeness (QED) is 0.670. The molecule has 1 fully saturated rings. The van der Waals surface area contributed by atoms with Gasteiger partial charge in [-0.3, -0.25) is 4.57 Å². The van der Waals surface area contributed by atoms with Crippen LogP contribution in [0.2, 0.25) is 0 Å². The van der Waals surface area contributed by atoms with Crippen molar-refractivity contribution < 1.29 is 9.84 Å². The highest BCUT2D eigenvalue weighted by molar-refractivity contribution is 5.62. The average Bonchev–Trinajstić information content (AvgIpc) is 3.16. The third kappa shape index (κ3) is 3.09. The highest BCUT2D eigenvalue weighted by Crippen LogP contribution is 2.26. The van der Waals surface area contributed by atoms with E-state index in [1.807, 2.05) is 24.5 Å². The molecule has 0 aromatic carbocycles. The van der Waals surface area contributed by atoms with Gasteiger partial charge in [0.2, 0.25) is 0 Å². The minimum atomic E-state index is -0.402. The number of aliphatic hydroxyl groups is 1. The van der Waals surface area contributed by atoms with Crippen molar-refractivity contribution in [3.8, 4) is 0 Å². The molecule has 0 spiro atoms. The zero-order valence-corrected chi connectivity index (χ0v) is 11.4. The summed E-state index contributed by atoms with van der Waals surface area (Å²) in [5, 5.41) is 9.06. The zero-order chi connectivity index (χ0) is 14.7. The Bertz CT molecular complexity index is 678. The molecule has 3 rings (SSSR count). The van der Waals surface area contributed by atoms with Crippen molar-refractivity contribution in [2.24, 2.45) is 4.99 Å². The van der Waals surface area contributed by atoms with Crippen molar-refractivity contribution in [3.63, 3.8) is 0 Å². The topological polar surface area (TPSA) is 81.6 Å². The Hall–Kier alpha value is -2.25. The lowest BCUT2D eigenvalue weighted by Crippen LogP contribution is -2.26. The lowest BCUT2D eigenvalue weighted by atomic mass is 10.2. The van der Waals surface area contributed by atoms with Gasteiger partial charge in [-0.2, -0.15) is 4.98 Å². The summed E-state index contributed by atoms with van der Waals surface area (Å²) in [4.78, 5) is 20.1. The van der Waals surface area contributed by atoms with Gasteiger partial charge in [-0.25, -0.2) is 9.79 Å². The van der Waals surface area contributed by atoms with Crippen molar-refractivity contribution in [2.45, 2.75) is 25.2 Å². The Morgan fingerprint density at radius 2 is 2.19 bits per heavy atom. The van der Waals surface area contributed by atoms with E-state index in [-0.39, 0.29) is 18.9 Å². The summed E-state index contributed by atoms with van der Waals surface area (Å²) in [7, 11) is 0. The fraction of sp³-hybridized carbons (Fsp3) is 0.357. The second-order valence-corrected chi connectivity index (χ2v) is 4.82. The number of aromatic nitrogens is 3. The fourth-order valence-electron chi connectivity index (χ4n) is 2.27. The van der Waals surface area contributed by atoms with E-state index in [0.29, 0.717) is 12.2 Å². The first-order valence-corrected chi connectivity index (χ1v) is 6.78. The lowest BCUT2D eigenvalue weighted by Gasteiger charge is -2.14. The summed E-state index contributed by atoms with van der Waals surface area (Å²) in [6.07, 6.45) is 7.76. The highest BCUT2D eigenvalue weighted by atomic mass is 16.5. The average molecular weight is 288 g/mol. The molecule has 0 radical (unpaired) electrons. The molecule has 1 saturated heterocycles. The molecule has 1 aliphatic rings. The van der Waals surface area contributed by atoms with E-state index in [0.717, 1.165) is 6.42 Å². The molecule has 2 atom stereocenters. The van der Waals surface area contributed by atoms with Gasteiger partial charge in [-0.05, 0) is 31.0 Å². The van der Waals surface area contributed by atoms with E-state index in [1.54, 1.807) is 23.2 Å². The van der Waals surface area contributed by atoms with Crippen LogP contribution < -0.4 is 5.69 Å². The molecule has 1 N–H and O–H groups in total. The summed E-state index contributed by atoms with van der Waals surface area (Å²) in [6.45, 7) is -0.0298. The summed E-state index contributed by atoms with van der Waals surface area (Å²) >= 11 is 0. The first-order chi connectivity index (χ1) is 10.3. The monoisotopic (exact) mass is 288 g/mol. The zero-order valence-electron chi connectivity index (χ0n) is 11.4. The van der Waals surface area contributed by atoms with Gasteiger partial charge in [-0.1, -0.05) is 0 Å². The van der Waals surface area contributed by atoms with E-state index in [1.165, 1.54) is 4.57 Å². The van der Waals surface area contributed by atoms with Gasteiger partial charge in [-0.15, -0.1) is 0 Å². The third-order valence-electron chi connectivity index (χ3n) is 3.37. The second-order valence-electron chi connectivity index (χ2n) is 4.82.